The molecule has 1 unspecified atom stereocenters. The van der Waals surface area contributed by atoms with Crippen LogP contribution in [-0.4, -0.2) is 75.0 Å². The first-order chi connectivity index (χ1) is 20.7. The Morgan fingerprint density at radius 2 is 1.80 bits per heavy atom. The summed E-state index contributed by atoms with van der Waals surface area (Å²) in [5.74, 6) is -0.914. The zero-order valence-corrected chi connectivity index (χ0v) is 24.7. The number of sulfone groups is 1. The summed E-state index contributed by atoms with van der Waals surface area (Å²) >= 11 is 0. The van der Waals surface area contributed by atoms with Gasteiger partial charge in [0.25, 0.3) is 0 Å². The van der Waals surface area contributed by atoms with Gasteiger partial charge in [0.15, 0.2) is 15.6 Å². The SMILES string of the molecule is COC1CCN(C(=O)CN2C(=O)N(c3cccc(C(F)(F)F)c3)C3=C(C(=O)CC3)C2c2ccc(C#N)cc2S(C)(=O)=O)CC1. The van der Waals surface area contributed by atoms with Crippen LogP contribution in [0.25, 0.3) is 0 Å². The number of carbonyl (C=O) groups is 3. The van der Waals surface area contributed by atoms with Crippen molar-refractivity contribution in [2.75, 3.05) is 37.9 Å². The molecule has 0 bridgehead atoms. The fourth-order valence-corrected chi connectivity index (χ4v) is 6.97. The van der Waals surface area contributed by atoms with Gasteiger partial charge < -0.3 is 14.5 Å². The number of likely N-dealkylation sites (tertiary alicyclic amines) is 1. The number of hydrogen-bond donors (Lipinski definition) is 0. The summed E-state index contributed by atoms with van der Waals surface area (Å²) in [6.45, 7) is 0.0866. The summed E-state index contributed by atoms with van der Waals surface area (Å²) in [5, 5.41) is 9.44. The molecule has 1 saturated heterocycles. The van der Waals surface area contributed by atoms with E-state index < -0.39 is 51.9 Å². The van der Waals surface area contributed by atoms with Gasteiger partial charge in [-0.05, 0) is 55.2 Å². The zero-order chi connectivity index (χ0) is 32.0. The number of ketones is 1. The molecule has 1 aliphatic carbocycles. The Balaban J connectivity index is 1.69. The minimum Gasteiger partial charge on any atom is -0.381 e. The van der Waals surface area contributed by atoms with Crippen LogP contribution in [0.15, 0.2) is 58.6 Å². The average molecular weight is 631 g/mol. The Bertz CT molecular complexity index is 1710. The van der Waals surface area contributed by atoms with Crippen molar-refractivity contribution in [2.24, 2.45) is 0 Å². The van der Waals surface area contributed by atoms with E-state index >= 15 is 0 Å². The lowest BCUT2D eigenvalue weighted by Gasteiger charge is -2.43. The van der Waals surface area contributed by atoms with Gasteiger partial charge in [-0.3, -0.25) is 14.5 Å². The summed E-state index contributed by atoms with van der Waals surface area (Å²) in [6.07, 6.45) is -2.77. The third-order valence-corrected chi connectivity index (χ3v) is 9.35. The molecule has 44 heavy (non-hydrogen) atoms. The molecule has 232 valence electrons. The van der Waals surface area contributed by atoms with E-state index in [1.807, 2.05) is 6.07 Å². The smallest absolute Gasteiger partial charge is 0.381 e. The van der Waals surface area contributed by atoms with Gasteiger partial charge in [-0.1, -0.05) is 12.1 Å². The Labute approximate surface area is 252 Å². The van der Waals surface area contributed by atoms with Gasteiger partial charge in [0.2, 0.25) is 5.91 Å². The van der Waals surface area contributed by atoms with Crippen LogP contribution in [0.5, 0.6) is 0 Å². The number of benzene rings is 2. The third kappa shape index (κ3) is 5.81. The number of alkyl halides is 3. The number of nitriles is 1. The number of Topliss-reactive ketones (excluding diaryl/α,β-unsaturated/α-hetero) is 1. The van der Waals surface area contributed by atoms with Crippen LogP contribution >= 0.6 is 0 Å². The van der Waals surface area contributed by atoms with Gasteiger partial charge in [-0.25, -0.2) is 13.2 Å². The van der Waals surface area contributed by atoms with E-state index in [1.54, 1.807) is 7.11 Å². The first-order valence-electron chi connectivity index (χ1n) is 13.8. The highest BCUT2D eigenvalue weighted by Gasteiger charge is 2.48. The van der Waals surface area contributed by atoms with Crippen molar-refractivity contribution in [1.29, 1.82) is 5.26 Å². The van der Waals surface area contributed by atoms with Crippen LogP contribution in [-0.2, 0) is 30.3 Å². The number of allylic oxidation sites excluding steroid dienone is 1. The van der Waals surface area contributed by atoms with E-state index in [-0.39, 0.29) is 51.9 Å². The van der Waals surface area contributed by atoms with Gasteiger partial charge in [0.05, 0.1) is 39.9 Å². The van der Waals surface area contributed by atoms with Gasteiger partial charge in [0, 0.05) is 44.1 Å². The van der Waals surface area contributed by atoms with Crippen molar-refractivity contribution >= 4 is 33.2 Å². The van der Waals surface area contributed by atoms with E-state index in [0.717, 1.165) is 40.3 Å². The Kier molecular flexibility index (Phi) is 8.30. The first-order valence-corrected chi connectivity index (χ1v) is 15.7. The van der Waals surface area contributed by atoms with Crippen molar-refractivity contribution < 1.29 is 40.7 Å². The van der Waals surface area contributed by atoms with Crippen molar-refractivity contribution in [3.05, 3.63) is 70.4 Å². The van der Waals surface area contributed by atoms with Gasteiger partial charge in [-0.2, -0.15) is 18.4 Å². The lowest BCUT2D eigenvalue weighted by molar-refractivity contribution is -0.137. The number of amides is 3. The minimum absolute atomic E-state index is 0.0113. The molecule has 1 atom stereocenters. The minimum atomic E-state index is -4.71. The predicted molar refractivity (Wildman–Crippen MR) is 151 cm³/mol. The fraction of sp³-hybridized carbons (Fsp3) is 0.400. The Morgan fingerprint density at radius 1 is 1.09 bits per heavy atom. The summed E-state index contributed by atoms with van der Waals surface area (Å²) < 4.78 is 72.2. The number of carbonyl (C=O) groups excluding carboxylic acids is 3. The first kappa shape index (κ1) is 31.2. The molecule has 2 heterocycles. The predicted octanol–water partition coefficient (Wildman–Crippen LogP) is 4.22. The van der Waals surface area contributed by atoms with Crippen LogP contribution in [0.3, 0.4) is 0 Å². The lowest BCUT2D eigenvalue weighted by atomic mass is 9.92. The van der Waals surface area contributed by atoms with Gasteiger partial charge in [-0.15, -0.1) is 0 Å². The van der Waals surface area contributed by atoms with Crippen molar-refractivity contribution in [1.82, 2.24) is 9.80 Å². The largest absolute Gasteiger partial charge is 0.416 e. The second-order valence-electron chi connectivity index (χ2n) is 10.9. The highest BCUT2D eigenvalue weighted by molar-refractivity contribution is 7.90. The van der Waals surface area contributed by atoms with E-state index in [0.29, 0.717) is 25.9 Å². The quantitative estimate of drug-likeness (QED) is 0.468. The van der Waals surface area contributed by atoms with Crippen LogP contribution in [0.2, 0.25) is 0 Å². The summed E-state index contributed by atoms with van der Waals surface area (Å²) in [7, 11) is -2.45. The monoisotopic (exact) mass is 630 g/mol. The number of hydrogen-bond acceptors (Lipinski definition) is 7. The van der Waals surface area contributed by atoms with Crippen molar-refractivity contribution in [3.8, 4) is 6.07 Å². The molecule has 0 aromatic heterocycles. The Morgan fingerprint density at radius 3 is 2.41 bits per heavy atom. The van der Waals surface area contributed by atoms with Crippen LogP contribution in [0.1, 0.15) is 48.4 Å². The highest BCUT2D eigenvalue weighted by Crippen LogP contribution is 2.47. The summed E-state index contributed by atoms with van der Waals surface area (Å²) in [5.41, 5.74) is -0.964. The number of nitrogens with zero attached hydrogens (tertiary/aromatic N) is 4. The van der Waals surface area contributed by atoms with Crippen LogP contribution in [0.4, 0.5) is 23.7 Å². The number of rotatable bonds is 6. The number of ether oxygens (including phenoxy) is 1. The molecular formula is C30H29F3N4O6S. The molecule has 3 amide bonds. The second-order valence-corrected chi connectivity index (χ2v) is 12.9. The van der Waals surface area contributed by atoms with Gasteiger partial charge in [0.1, 0.15) is 6.54 Å². The topological polar surface area (TPSA) is 128 Å². The maximum atomic E-state index is 14.4. The molecule has 14 heteroatoms. The molecule has 2 aromatic rings. The zero-order valence-electron chi connectivity index (χ0n) is 23.9. The molecular weight excluding hydrogens is 601 g/mol. The normalized spacial score (nSPS) is 19.8. The molecule has 5 rings (SSSR count). The molecule has 0 radical (unpaired) electrons. The number of anilines is 1. The van der Waals surface area contributed by atoms with Crippen molar-refractivity contribution in [2.45, 2.75) is 48.9 Å². The van der Waals surface area contributed by atoms with E-state index in [1.165, 1.54) is 23.1 Å². The lowest BCUT2D eigenvalue weighted by Crippen LogP contribution is -2.54. The number of urea groups is 1. The van der Waals surface area contributed by atoms with Crippen LogP contribution in [0, 0.1) is 11.3 Å². The molecule has 0 saturated carbocycles. The number of piperidine rings is 1. The third-order valence-electron chi connectivity index (χ3n) is 8.19. The highest BCUT2D eigenvalue weighted by atomic mass is 32.2. The maximum Gasteiger partial charge on any atom is 0.416 e. The molecule has 2 aliphatic heterocycles. The van der Waals surface area contributed by atoms with E-state index in [9.17, 15) is 41.2 Å². The van der Waals surface area contributed by atoms with Crippen molar-refractivity contribution in [3.63, 3.8) is 0 Å². The van der Waals surface area contributed by atoms with Crippen LogP contribution < -0.4 is 4.90 Å². The molecule has 1 fully saturated rings. The molecule has 0 spiro atoms. The summed E-state index contributed by atoms with van der Waals surface area (Å²) in [4.78, 5) is 44.8. The molecule has 10 nitrogen and oxygen atoms in total. The molecule has 2 aromatic carbocycles. The fourth-order valence-electron chi connectivity index (χ4n) is 6.02. The van der Waals surface area contributed by atoms with E-state index in [4.69, 9.17) is 4.74 Å². The maximum absolute atomic E-state index is 14.4. The van der Waals surface area contributed by atoms with Gasteiger partial charge >= 0.3 is 12.2 Å². The second kappa shape index (κ2) is 11.7. The molecule has 0 N–H and O–H groups in total. The number of methoxy groups -OCH3 is 1. The average Bonchev–Trinajstić information content (AvgIpc) is 3.36. The van der Waals surface area contributed by atoms with E-state index in [2.05, 4.69) is 0 Å². The standard InChI is InChI=1S/C30H29F3N4O6S/c1-43-21-10-12-35(13-11-21)26(39)17-36-28(22-7-6-18(16-34)14-25(22)44(2,41)42)27-23(8-9-24(27)38)37(29(36)40)20-5-3-4-19(15-20)30(31,32)33/h3-7,14-15,21,28H,8-13,17H2,1-2H3. The molecule has 3 aliphatic rings. The Hall–Kier alpha value is -4.22. The number of halogens is 3. The summed E-state index contributed by atoms with van der Waals surface area (Å²) in [6, 6.07) is 7.59.